The zero-order valence-electron chi connectivity index (χ0n) is 33.3. The maximum atomic E-state index is 16.2. The van der Waals surface area contributed by atoms with E-state index in [0.29, 0.717) is 10.8 Å². The van der Waals surface area contributed by atoms with E-state index in [1.165, 1.54) is 71.5 Å². The molecule has 9 aliphatic rings. The van der Waals surface area contributed by atoms with Gasteiger partial charge in [-0.15, -0.1) is 0 Å². The number of benzene rings is 4. The Morgan fingerprint density at radius 2 is 1.67 bits per heavy atom. The summed E-state index contributed by atoms with van der Waals surface area (Å²) in [5.74, 6) is 7.45. The zero-order chi connectivity index (χ0) is 38.3. The van der Waals surface area contributed by atoms with E-state index in [-0.39, 0.29) is 11.3 Å². The number of anilines is 1. The number of fused-ring (bicyclic) bond motifs is 4. The standard InChI is InChI=1S/C53H50N2OS/c1-33-13-5-6-14-35(33)29-34(2)54(37-22-24-38(25-23-37)55-43-19-9-7-16-40(43)41-17-8-10-20-44(41)55)39-26-27-46-50(3,31-39)57(4,56)45-21-11-18-42-47(45)52-32-51(46)30-36-15-12-28-53(51,48(36)52)49(42)52/h5-10,13-14,16-17,19-27,29,31,36,46,48-49H,4,11-12,15,18,28,30,32H2,1-3H3/b34-29+/t36-,46?,48?,49?,50-,51?,52?,53?,57?/m1/s1. The van der Waals surface area contributed by atoms with Crippen molar-refractivity contribution in [2.75, 3.05) is 4.90 Å². The van der Waals surface area contributed by atoms with Gasteiger partial charge in [-0.3, -0.25) is 4.21 Å². The summed E-state index contributed by atoms with van der Waals surface area (Å²) in [6.45, 7) is 6.80. The topological polar surface area (TPSA) is 25.2 Å². The van der Waals surface area contributed by atoms with Gasteiger partial charge in [0, 0.05) is 59.3 Å². The summed E-state index contributed by atoms with van der Waals surface area (Å²) in [6, 6.07) is 35.2. The highest BCUT2D eigenvalue weighted by molar-refractivity contribution is 8.05. The number of aromatic nitrogens is 1. The van der Waals surface area contributed by atoms with Gasteiger partial charge in [0.1, 0.15) is 0 Å². The number of rotatable bonds is 5. The predicted octanol–water partition coefficient (Wildman–Crippen LogP) is 12.3. The number of para-hydroxylation sites is 2. The molecule has 1 saturated heterocycles. The number of nitrogens with zero attached hydrogens (tertiary/aromatic N) is 2. The number of aryl methyl sites for hydroxylation is 1. The molecule has 1 aromatic heterocycles. The maximum absolute atomic E-state index is 16.2. The second-order valence-corrected chi connectivity index (χ2v) is 22.0. The Bertz CT molecular complexity index is 2880. The molecule has 3 spiro atoms. The Balaban J connectivity index is 0.991. The normalized spacial score (nSPS) is 37.6. The molecule has 5 saturated carbocycles. The third kappa shape index (κ3) is 3.57. The lowest BCUT2D eigenvalue weighted by molar-refractivity contribution is -0.166. The SMILES string of the molecule is C=S1(=O)C2=CCCC3=C2C24CC5(C[C@H]6CCCC5(C32)C64)C2C=CC(N(/C(C)=C/c3ccccc3C)c3ccc(-n4c5ccccc5c5ccccc54)cc3)=C[C@]21C. The lowest BCUT2D eigenvalue weighted by atomic mass is 9.30. The van der Waals surface area contributed by atoms with Gasteiger partial charge in [0.15, 0.2) is 0 Å². The van der Waals surface area contributed by atoms with Crippen molar-refractivity contribution in [1.29, 1.82) is 0 Å². The van der Waals surface area contributed by atoms with Crippen molar-refractivity contribution in [2.24, 2.45) is 39.9 Å². The zero-order valence-corrected chi connectivity index (χ0v) is 34.1. The van der Waals surface area contributed by atoms with Crippen LogP contribution >= 0.6 is 0 Å². The maximum Gasteiger partial charge on any atom is 0.0668 e. The Morgan fingerprint density at radius 3 is 2.42 bits per heavy atom. The fourth-order valence-corrected chi connectivity index (χ4v) is 18.5. The van der Waals surface area contributed by atoms with Gasteiger partial charge in [-0.2, -0.15) is 0 Å². The molecule has 284 valence electrons. The van der Waals surface area contributed by atoms with E-state index in [2.05, 4.69) is 158 Å². The van der Waals surface area contributed by atoms with Crippen molar-refractivity contribution in [1.82, 2.24) is 4.57 Å². The van der Waals surface area contributed by atoms with Crippen LogP contribution in [-0.4, -0.2) is 19.4 Å². The molecule has 6 fully saturated rings. The number of hydrogen-bond acceptors (Lipinski definition) is 2. The summed E-state index contributed by atoms with van der Waals surface area (Å²) in [5, 5.41) is 2.53. The van der Waals surface area contributed by atoms with Crippen LogP contribution in [0.5, 0.6) is 0 Å². The Labute approximate surface area is 337 Å². The molecule has 5 bridgehead atoms. The van der Waals surface area contributed by atoms with Crippen molar-refractivity contribution in [3.8, 4) is 5.69 Å². The van der Waals surface area contributed by atoms with Crippen molar-refractivity contribution < 1.29 is 4.21 Å². The van der Waals surface area contributed by atoms with Gasteiger partial charge in [0.25, 0.3) is 0 Å². The molecule has 9 atom stereocenters. The van der Waals surface area contributed by atoms with E-state index in [1.807, 2.05) is 0 Å². The first kappa shape index (κ1) is 33.2. The molecule has 0 radical (unpaired) electrons. The van der Waals surface area contributed by atoms with Crippen LogP contribution in [-0.2, 0) is 9.52 Å². The molecule has 7 unspecified atom stereocenters. The van der Waals surface area contributed by atoms with Crippen LogP contribution in [0.1, 0.15) is 69.9 Å². The Hall–Kier alpha value is -4.80. The van der Waals surface area contributed by atoms with Gasteiger partial charge < -0.3 is 9.47 Å². The highest BCUT2D eigenvalue weighted by atomic mass is 32.2. The van der Waals surface area contributed by atoms with Crippen molar-refractivity contribution in [3.63, 3.8) is 0 Å². The molecule has 1 aliphatic heterocycles. The van der Waals surface area contributed by atoms with E-state index >= 15 is 4.21 Å². The van der Waals surface area contributed by atoms with Gasteiger partial charge in [-0.25, -0.2) is 0 Å². The molecule has 4 aromatic carbocycles. The van der Waals surface area contributed by atoms with Crippen LogP contribution < -0.4 is 4.90 Å². The van der Waals surface area contributed by atoms with Crippen LogP contribution in [0, 0.1) is 46.8 Å². The van der Waals surface area contributed by atoms with Gasteiger partial charge in [-0.1, -0.05) is 91.2 Å². The molecule has 5 aromatic rings. The van der Waals surface area contributed by atoms with Crippen LogP contribution in [0.2, 0.25) is 0 Å². The third-order valence-electron chi connectivity index (χ3n) is 17.3. The predicted molar refractivity (Wildman–Crippen MR) is 238 cm³/mol. The van der Waals surface area contributed by atoms with E-state index in [4.69, 9.17) is 5.87 Å². The third-order valence-corrected chi connectivity index (χ3v) is 20.2. The summed E-state index contributed by atoms with van der Waals surface area (Å²) in [7, 11) is -2.72. The fourth-order valence-electron chi connectivity index (χ4n) is 15.9. The molecular formula is C53H50N2OS. The summed E-state index contributed by atoms with van der Waals surface area (Å²) in [5.41, 5.74) is 13.5. The summed E-state index contributed by atoms with van der Waals surface area (Å²) >= 11 is 0. The first-order valence-electron chi connectivity index (χ1n) is 21.5. The molecular weight excluding hydrogens is 713 g/mol. The van der Waals surface area contributed by atoms with Gasteiger partial charge in [0.2, 0.25) is 0 Å². The molecule has 57 heavy (non-hydrogen) atoms. The molecule has 0 amide bonds. The van der Waals surface area contributed by atoms with Gasteiger partial charge in [0.05, 0.1) is 15.8 Å². The minimum Gasteiger partial charge on any atom is -0.315 e. The van der Waals surface area contributed by atoms with Crippen molar-refractivity contribution in [3.05, 3.63) is 160 Å². The molecule has 4 heteroatoms. The second kappa shape index (κ2) is 10.6. The van der Waals surface area contributed by atoms with Crippen molar-refractivity contribution in [2.45, 2.75) is 70.5 Å². The number of hydrogen-bond donors (Lipinski definition) is 0. The highest BCUT2D eigenvalue weighted by Crippen LogP contribution is 3.00. The van der Waals surface area contributed by atoms with Gasteiger partial charge in [-0.05, 0) is 159 Å². The minimum absolute atomic E-state index is 0.195. The minimum atomic E-state index is -2.72. The molecule has 8 aliphatic carbocycles. The smallest absolute Gasteiger partial charge is 0.0668 e. The fraction of sp³-hybridized carbons (Fsp3) is 0.340. The Kier molecular flexibility index (Phi) is 6.19. The van der Waals surface area contributed by atoms with Crippen LogP contribution in [0.4, 0.5) is 5.69 Å². The Morgan fingerprint density at radius 1 is 0.947 bits per heavy atom. The quantitative estimate of drug-likeness (QED) is 0.167. The van der Waals surface area contributed by atoms with E-state index in [9.17, 15) is 0 Å². The lowest BCUT2D eigenvalue weighted by Crippen LogP contribution is -2.68. The van der Waals surface area contributed by atoms with Gasteiger partial charge >= 0.3 is 0 Å². The van der Waals surface area contributed by atoms with E-state index < -0.39 is 14.3 Å². The summed E-state index contributed by atoms with van der Waals surface area (Å²) < 4.78 is 17.9. The average Bonchev–Trinajstić information content (AvgIpc) is 3.79. The van der Waals surface area contributed by atoms with E-state index in [0.717, 1.165) is 51.8 Å². The van der Waals surface area contributed by atoms with Crippen molar-refractivity contribution >= 4 is 49.0 Å². The average molecular weight is 763 g/mol. The van der Waals surface area contributed by atoms with E-state index in [1.54, 1.807) is 11.1 Å². The number of allylic oxidation sites excluding steroid dienone is 6. The lowest BCUT2D eigenvalue weighted by Gasteiger charge is -2.73. The first-order chi connectivity index (χ1) is 27.7. The molecule has 2 heterocycles. The largest absolute Gasteiger partial charge is 0.315 e. The second-order valence-electron chi connectivity index (χ2n) is 19.3. The first-order valence-corrected chi connectivity index (χ1v) is 23.2. The molecule has 3 nitrogen and oxygen atoms in total. The molecule has 14 rings (SSSR count). The highest BCUT2D eigenvalue weighted by Gasteiger charge is 2.95. The van der Waals surface area contributed by atoms with Crippen LogP contribution in [0.3, 0.4) is 0 Å². The summed E-state index contributed by atoms with van der Waals surface area (Å²) in [6.07, 6.45) is 21.1. The monoisotopic (exact) mass is 762 g/mol. The van der Waals surface area contributed by atoms with Crippen LogP contribution in [0.25, 0.3) is 33.6 Å². The summed E-state index contributed by atoms with van der Waals surface area (Å²) in [4.78, 5) is 3.58. The molecule has 0 N–H and O–H groups in total. The van der Waals surface area contributed by atoms with Crippen LogP contribution in [0.15, 0.2) is 149 Å².